The molecular weight excluding hydrogens is 975 g/mol. The lowest BCUT2D eigenvalue weighted by Gasteiger charge is -2.19. The largest absolute Gasteiger partial charge is 0.394 e. The van der Waals surface area contributed by atoms with Crippen LogP contribution in [0, 0.1) is 0 Å². The number of nitrogens with one attached hydrogen (secondary N) is 1. The number of amides is 1. The molecule has 0 aliphatic carbocycles. The molecule has 0 aromatic carbocycles. The van der Waals surface area contributed by atoms with Gasteiger partial charge in [0.05, 0.1) is 18.8 Å². The monoisotopic (exact) mass is 1110 g/mol. The molecule has 0 spiro atoms. The van der Waals surface area contributed by atoms with Crippen LogP contribution in [-0.2, 0) is 4.79 Å². The minimum Gasteiger partial charge on any atom is -0.394 e. The molecular formula is C76H135NO3. The van der Waals surface area contributed by atoms with Crippen LogP contribution < -0.4 is 5.32 Å². The summed E-state index contributed by atoms with van der Waals surface area (Å²) in [7, 11) is 0. The van der Waals surface area contributed by atoms with Gasteiger partial charge < -0.3 is 15.5 Å². The fourth-order valence-corrected chi connectivity index (χ4v) is 10.5. The number of rotatable bonds is 64. The van der Waals surface area contributed by atoms with Crippen LogP contribution in [0.25, 0.3) is 0 Å². The summed E-state index contributed by atoms with van der Waals surface area (Å²) in [6.07, 6.45) is 106. The predicted octanol–water partition coefficient (Wildman–Crippen LogP) is 24.2. The van der Waals surface area contributed by atoms with Gasteiger partial charge in [-0.25, -0.2) is 0 Å². The Bertz CT molecular complexity index is 1490. The van der Waals surface area contributed by atoms with Gasteiger partial charge in [0.25, 0.3) is 0 Å². The van der Waals surface area contributed by atoms with Crippen LogP contribution in [0.4, 0.5) is 0 Å². The Labute approximate surface area is 499 Å². The van der Waals surface area contributed by atoms with E-state index in [4.69, 9.17) is 0 Å². The molecule has 4 heteroatoms. The normalized spacial score (nSPS) is 13.4. The SMILES string of the molecule is CC/C=C\C/C=C\C/C=C\C/C=C\C/C=C\C/C=C\C/C=C\CCCCCCCCCCCCCCCCCCCC(=O)NC(CO)C(O)/C=C/CC/C=C/CCCCCCCCCCCCCCCCCCCCCCCCC. The molecule has 0 aromatic rings. The summed E-state index contributed by atoms with van der Waals surface area (Å²) in [5.74, 6) is -0.0719. The Morgan fingerprint density at radius 3 is 0.875 bits per heavy atom. The van der Waals surface area contributed by atoms with Crippen molar-refractivity contribution >= 4 is 5.91 Å². The number of carbonyl (C=O) groups is 1. The summed E-state index contributed by atoms with van der Waals surface area (Å²) in [6.45, 7) is 4.21. The zero-order valence-corrected chi connectivity index (χ0v) is 53.3. The van der Waals surface area contributed by atoms with Gasteiger partial charge in [-0.3, -0.25) is 4.79 Å². The molecule has 0 fully saturated rings. The number of aliphatic hydroxyl groups excluding tert-OH is 2. The number of hydrogen-bond donors (Lipinski definition) is 3. The Morgan fingerprint density at radius 1 is 0.312 bits per heavy atom. The Morgan fingerprint density at radius 2 is 0.562 bits per heavy atom. The first kappa shape index (κ1) is 77.0. The third-order valence-electron chi connectivity index (χ3n) is 15.7. The maximum absolute atomic E-state index is 12.5. The third-order valence-corrected chi connectivity index (χ3v) is 15.7. The van der Waals surface area contributed by atoms with Crippen molar-refractivity contribution in [1.82, 2.24) is 5.32 Å². The van der Waals surface area contributed by atoms with Gasteiger partial charge >= 0.3 is 0 Å². The maximum Gasteiger partial charge on any atom is 0.220 e. The lowest BCUT2D eigenvalue weighted by molar-refractivity contribution is -0.123. The molecule has 0 saturated heterocycles. The maximum atomic E-state index is 12.5. The Balaban J connectivity index is 3.51. The van der Waals surface area contributed by atoms with Crippen molar-refractivity contribution in [2.24, 2.45) is 0 Å². The van der Waals surface area contributed by atoms with Crippen LogP contribution >= 0.6 is 0 Å². The van der Waals surface area contributed by atoms with E-state index in [1.54, 1.807) is 6.08 Å². The summed E-state index contributed by atoms with van der Waals surface area (Å²) >= 11 is 0. The van der Waals surface area contributed by atoms with E-state index in [2.05, 4.69) is 116 Å². The molecule has 1 amide bonds. The third kappa shape index (κ3) is 65.9. The van der Waals surface area contributed by atoms with Crippen LogP contribution in [0.15, 0.2) is 109 Å². The number of aliphatic hydroxyl groups is 2. The van der Waals surface area contributed by atoms with Crippen LogP contribution in [-0.4, -0.2) is 34.9 Å². The smallest absolute Gasteiger partial charge is 0.220 e. The van der Waals surface area contributed by atoms with Crippen molar-refractivity contribution < 1.29 is 15.0 Å². The minimum absolute atomic E-state index is 0.0719. The lowest BCUT2D eigenvalue weighted by atomic mass is 10.0. The van der Waals surface area contributed by atoms with E-state index in [0.717, 1.165) is 77.0 Å². The van der Waals surface area contributed by atoms with E-state index in [0.29, 0.717) is 6.42 Å². The van der Waals surface area contributed by atoms with Crippen LogP contribution in [0.3, 0.4) is 0 Å². The molecule has 4 nitrogen and oxygen atoms in total. The fourth-order valence-electron chi connectivity index (χ4n) is 10.5. The molecule has 0 bridgehead atoms. The van der Waals surface area contributed by atoms with E-state index in [-0.39, 0.29) is 12.5 Å². The average molecular weight is 1110 g/mol. The van der Waals surface area contributed by atoms with Crippen molar-refractivity contribution in [3.05, 3.63) is 109 Å². The molecule has 0 heterocycles. The topological polar surface area (TPSA) is 69.6 Å². The first-order valence-electron chi connectivity index (χ1n) is 35.1. The number of carbonyl (C=O) groups excluding carboxylic acids is 1. The highest BCUT2D eigenvalue weighted by Gasteiger charge is 2.18. The van der Waals surface area contributed by atoms with Gasteiger partial charge in [-0.2, -0.15) is 0 Å². The highest BCUT2D eigenvalue weighted by atomic mass is 16.3. The van der Waals surface area contributed by atoms with E-state index >= 15 is 0 Å². The van der Waals surface area contributed by atoms with Gasteiger partial charge in [0, 0.05) is 6.42 Å². The Kier molecular flexibility index (Phi) is 67.7. The molecule has 0 aliphatic heterocycles. The van der Waals surface area contributed by atoms with Gasteiger partial charge in [-0.15, -0.1) is 0 Å². The van der Waals surface area contributed by atoms with E-state index in [9.17, 15) is 15.0 Å². The van der Waals surface area contributed by atoms with Crippen molar-refractivity contribution in [2.75, 3.05) is 6.61 Å². The van der Waals surface area contributed by atoms with Crippen molar-refractivity contribution in [1.29, 1.82) is 0 Å². The molecule has 2 unspecified atom stereocenters. The zero-order chi connectivity index (χ0) is 57.6. The summed E-state index contributed by atoms with van der Waals surface area (Å²) in [5, 5.41) is 23.3. The Hall–Kier alpha value is -2.95. The van der Waals surface area contributed by atoms with E-state index < -0.39 is 12.1 Å². The van der Waals surface area contributed by atoms with Gasteiger partial charge in [-0.1, -0.05) is 361 Å². The average Bonchev–Trinajstić information content (AvgIpc) is 3.46. The summed E-state index contributed by atoms with van der Waals surface area (Å²) < 4.78 is 0. The molecule has 0 rings (SSSR count). The standard InChI is InChI=1S/C76H135NO3/c1-3-5-7-9-11-13-15-17-19-21-23-25-27-29-31-33-34-35-36-37-38-39-40-41-42-44-46-48-50-52-54-56-58-60-62-64-66-68-70-72-76(80)77-74(73-78)75(79)71-69-67-65-63-61-59-57-55-53-51-49-47-45-43-32-30-28-26-24-22-20-18-16-14-12-10-8-6-4-2/h5,7,11,13,17,19,23,25,29,31,34-35,37-38,61,63,69,71,74-75,78-79H,3-4,6,8-10,12,14-16,18,20-22,24,26-28,30,32-33,36,39-60,62,64-68,70,72-73H2,1-2H3,(H,77,80)/b7-5-,13-11-,19-17-,25-23-,31-29-,35-34-,38-37-,63-61+,71-69+. The summed E-state index contributed by atoms with van der Waals surface area (Å²) in [6, 6.07) is -0.646. The molecule has 0 saturated carbocycles. The highest BCUT2D eigenvalue weighted by molar-refractivity contribution is 5.76. The lowest BCUT2D eigenvalue weighted by Crippen LogP contribution is -2.45. The van der Waals surface area contributed by atoms with Crippen LogP contribution in [0.5, 0.6) is 0 Å². The highest BCUT2D eigenvalue weighted by Crippen LogP contribution is 2.18. The second-order valence-corrected chi connectivity index (χ2v) is 23.6. The summed E-state index contributed by atoms with van der Waals surface area (Å²) in [4.78, 5) is 12.5. The second kappa shape index (κ2) is 70.3. The molecule has 0 radical (unpaired) electrons. The van der Waals surface area contributed by atoms with Gasteiger partial charge in [0.2, 0.25) is 5.91 Å². The number of allylic oxidation sites excluding steroid dienone is 17. The van der Waals surface area contributed by atoms with Crippen LogP contribution in [0.1, 0.15) is 348 Å². The zero-order valence-electron chi connectivity index (χ0n) is 53.3. The second-order valence-electron chi connectivity index (χ2n) is 23.6. The molecule has 80 heavy (non-hydrogen) atoms. The fraction of sp³-hybridized carbons (Fsp3) is 0.750. The first-order chi connectivity index (χ1) is 39.7. The predicted molar refractivity (Wildman–Crippen MR) is 359 cm³/mol. The van der Waals surface area contributed by atoms with Crippen molar-refractivity contribution in [3.8, 4) is 0 Å². The quantitative estimate of drug-likeness (QED) is 0.0420. The molecule has 462 valence electrons. The summed E-state index contributed by atoms with van der Waals surface area (Å²) in [5.41, 5.74) is 0. The van der Waals surface area contributed by atoms with Crippen molar-refractivity contribution in [3.63, 3.8) is 0 Å². The molecule has 3 N–H and O–H groups in total. The van der Waals surface area contributed by atoms with Gasteiger partial charge in [0.15, 0.2) is 0 Å². The van der Waals surface area contributed by atoms with E-state index in [1.165, 1.54) is 250 Å². The van der Waals surface area contributed by atoms with Gasteiger partial charge in [-0.05, 0) is 89.9 Å². The van der Waals surface area contributed by atoms with E-state index in [1.807, 2.05) is 6.08 Å². The minimum atomic E-state index is -0.869. The molecule has 0 aliphatic rings. The van der Waals surface area contributed by atoms with Gasteiger partial charge in [0.1, 0.15) is 0 Å². The molecule has 0 aromatic heterocycles. The van der Waals surface area contributed by atoms with Crippen LogP contribution in [0.2, 0.25) is 0 Å². The number of hydrogen-bond acceptors (Lipinski definition) is 3. The number of unbranched alkanes of at least 4 members (excludes halogenated alkanes) is 41. The molecule has 2 atom stereocenters. The van der Waals surface area contributed by atoms with Crippen molar-refractivity contribution in [2.45, 2.75) is 360 Å². The first-order valence-corrected chi connectivity index (χ1v) is 35.1.